The first kappa shape index (κ1) is 7.34. The van der Waals surface area contributed by atoms with Crippen molar-refractivity contribution in [3.05, 3.63) is 0 Å². The van der Waals surface area contributed by atoms with Gasteiger partial charge in [-0.3, -0.25) is 0 Å². The lowest BCUT2D eigenvalue weighted by atomic mass is 9.85. The molecule has 0 N–H and O–H groups in total. The van der Waals surface area contributed by atoms with Crippen molar-refractivity contribution < 1.29 is 9.47 Å². The molecule has 4 rings (SSSR count). The van der Waals surface area contributed by atoms with Gasteiger partial charge in [0.15, 0.2) is 0 Å². The molecule has 0 spiro atoms. The Kier molecular flexibility index (Phi) is 1.25. The summed E-state index contributed by atoms with van der Waals surface area (Å²) in [6.07, 6.45) is 1.78. The SMILES string of the molecule is CC1C2O[C@@H]3[C@@H](C)[C@H]1O[C@@H]3[C@H]2C. The molecule has 2 nitrogen and oxygen atoms in total. The summed E-state index contributed by atoms with van der Waals surface area (Å²) in [7, 11) is 0. The van der Waals surface area contributed by atoms with E-state index in [1.165, 1.54) is 0 Å². The molecule has 4 bridgehead atoms. The first-order chi connectivity index (χ1) is 5.70. The molecular weight excluding hydrogens is 152 g/mol. The molecule has 4 aliphatic heterocycles. The van der Waals surface area contributed by atoms with E-state index in [-0.39, 0.29) is 0 Å². The Labute approximate surface area is 73.2 Å². The van der Waals surface area contributed by atoms with Crippen LogP contribution in [0.15, 0.2) is 0 Å². The van der Waals surface area contributed by atoms with Crippen molar-refractivity contribution in [3.8, 4) is 0 Å². The van der Waals surface area contributed by atoms with E-state index >= 15 is 0 Å². The molecule has 0 saturated carbocycles. The van der Waals surface area contributed by atoms with E-state index in [0.717, 1.165) is 0 Å². The molecule has 0 aromatic heterocycles. The summed E-state index contributed by atoms with van der Waals surface area (Å²) in [6.45, 7) is 6.79. The third kappa shape index (κ3) is 0.612. The van der Waals surface area contributed by atoms with Gasteiger partial charge in [-0.1, -0.05) is 20.8 Å². The highest BCUT2D eigenvalue weighted by atomic mass is 16.6. The average molecular weight is 168 g/mol. The maximum Gasteiger partial charge on any atom is 0.0894 e. The standard InChI is InChI=1S/C10H16O2/c1-4-7-5(2)9-10(11-7)6(3)8(4)12-9/h4-10H,1-3H3/t4?,5-,6-,7-,8?,9+,10+/m0/s1. The van der Waals surface area contributed by atoms with Gasteiger partial charge in [0.2, 0.25) is 0 Å². The van der Waals surface area contributed by atoms with Crippen molar-refractivity contribution in [3.63, 3.8) is 0 Å². The van der Waals surface area contributed by atoms with Crippen molar-refractivity contribution in [1.82, 2.24) is 0 Å². The van der Waals surface area contributed by atoms with Gasteiger partial charge in [0.1, 0.15) is 0 Å². The van der Waals surface area contributed by atoms with Crippen LogP contribution in [0.4, 0.5) is 0 Å². The molecule has 0 aromatic rings. The maximum absolute atomic E-state index is 5.96. The van der Waals surface area contributed by atoms with Gasteiger partial charge in [-0.05, 0) is 0 Å². The van der Waals surface area contributed by atoms with Crippen LogP contribution < -0.4 is 0 Å². The van der Waals surface area contributed by atoms with Crippen LogP contribution in [-0.4, -0.2) is 24.4 Å². The van der Waals surface area contributed by atoms with E-state index < -0.39 is 0 Å². The Morgan fingerprint density at radius 1 is 0.583 bits per heavy atom. The molecule has 4 fully saturated rings. The molecular formula is C10H16O2. The number of hydrogen-bond donors (Lipinski definition) is 0. The number of hydrogen-bond acceptors (Lipinski definition) is 2. The fourth-order valence-electron chi connectivity index (χ4n) is 3.38. The highest BCUT2D eigenvalue weighted by molar-refractivity contribution is 5.08. The first-order valence-corrected chi connectivity index (χ1v) is 5.01. The van der Waals surface area contributed by atoms with Crippen LogP contribution in [0.25, 0.3) is 0 Å². The van der Waals surface area contributed by atoms with Gasteiger partial charge in [-0.15, -0.1) is 0 Å². The van der Waals surface area contributed by atoms with Gasteiger partial charge in [-0.25, -0.2) is 0 Å². The van der Waals surface area contributed by atoms with Crippen LogP contribution in [0.3, 0.4) is 0 Å². The summed E-state index contributed by atoms with van der Waals surface area (Å²) in [5.74, 6) is 1.84. The molecule has 0 aromatic carbocycles. The van der Waals surface area contributed by atoms with Crippen LogP contribution in [0, 0.1) is 17.8 Å². The number of rotatable bonds is 0. The minimum Gasteiger partial charge on any atom is -0.371 e. The van der Waals surface area contributed by atoms with E-state index in [9.17, 15) is 0 Å². The number of ether oxygens (including phenoxy) is 2. The third-order valence-electron chi connectivity index (χ3n) is 4.06. The molecule has 68 valence electrons. The van der Waals surface area contributed by atoms with Gasteiger partial charge in [0.25, 0.3) is 0 Å². The second kappa shape index (κ2) is 2.05. The van der Waals surface area contributed by atoms with Gasteiger partial charge in [0, 0.05) is 17.8 Å². The van der Waals surface area contributed by atoms with Gasteiger partial charge in [0.05, 0.1) is 24.4 Å². The van der Waals surface area contributed by atoms with Crippen molar-refractivity contribution in [2.75, 3.05) is 0 Å². The third-order valence-corrected chi connectivity index (χ3v) is 4.06. The molecule has 12 heavy (non-hydrogen) atoms. The maximum atomic E-state index is 5.96. The molecule has 0 amide bonds. The van der Waals surface area contributed by atoms with Crippen LogP contribution in [0.2, 0.25) is 0 Å². The van der Waals surface area contributed by atoms with Gasteiger partial charge in [-0.2, -0.15) is 0 Å². The fraction of sp³-hybridized carbons (Fsp3) is 1.00. The normalized spacial score (nSPS) is 67.8. The average Bonchev–Trinajstić information content (AvgIpc) is 2.43. The summed E-state index contributed by atoms with van der Waals surface area (Å²) in [5.41, 5.74) is 0. The van der Waals surface area contributed by atoms with Crippen LogP contribution in [-0.2, 0) is 9.47 Å². The largest absolute Gasteiger partial charge is 0.371 e. The van der Waals surface area contributed by atoms with Crippen molar-refractivity contribution in [1.29, 1.82) is 0 Å². The van der Waals surface area contributed by atoms with Gasteiger partial charge < -0.3 is 9.47 Å². The Morgan fingerprint density at radius 2 is 0.917 bits per heavy atom. The molecule has 2 unspecified atom stereocenters. The van der Waals surface area contributed by atoms with Crippen molar-refractivity contribution >= 4 is 0 Å². The second-order valence-electron chi connectivity index (χ2n) is 4.71. The highest BCUT2D eigenvalue weighted by Crippen LogP contribution is 2.52. The Balaban J connectivity index is 2.01. The zero-order valence-corrected chi connectivity index (χ0v) is 7.86. The lowest BCUT2D eigenvalue weighted by Gasteiger charge is -2.38. The van der Waals surface area contributed by atoms with Crippen LogP contribution >= 0.6 is 0 Å². The topological polar surface area (TPSA) is 18.5 Å². The monoisotopic (exact) mass is 168 g/mol. The van der Waals surface area contributed by atoms with E-state index in [1.54, 1.807) is 0 Å². The molecule has 4 saturated heterocycles. The van der Waals surface area contributed by atoms with E-state index in [0.29, 0.717) is 42.2 Å². The lowest BCUT2D eigenvalue weighted by Crippen LogP contribution is -2.44. The minimum absolute atomic E-state index is 0.409. The smallest absolute Gasteiger partial charge is 0.0894 e. The zero-order valence-electron chi connectivity index (χ0n) is 7.86. The Morgan fingerprint density at radius 3 is 1.33 bits per heavy atom. The fourth-order valence-corrected chi connectivity index (χ4v) is 3.38. The van der Waals surface area contributed by atoms with Crippen LogP contribution in [0.5, 0.6) is 0 Å². The van der Waals surface area contributed by atoms with Crippen molar-refractivity contribution in [2.45, 2.75) is 45.2 Å². The van der Waals surface area contributed by atoms with E-state index in [1.807, 2.05) is 0 Å². The quantitative estimate of drug-likeness (QED) is 0.545. The summed E-state index contributed by atoms with van der Waals surface area (Å²) in [6, 6.07) is 0. The van der Waals surface area contributed by atoms with E-state index in [2.05, 4.69) is 20.8 Å². The van der Waals surface area contributed by atoms with Crippen molar-refractivity contribution in [2.24, 2.45) is 17.8 Å². The zero-order chi connectivity index (χ0) is 8.46. The molecule has 4 aliphatic rings. The molecule has 4 heterocycles. The molecule has 0 aliphatic carbocycles. The predicted octanol–water partition coefficient (Wildman–Crippen LogP) is 1.44. The highest BCUT2D eigenvalue weighted by Gasteiger charge is 2.61. The minimum atomic E-state index is 0.409. The van der Waals surface area contributed by atoms with Crippen LogP contribution in [0.1, 0.15) is 20.8 Å². The Hall–Kier alpha value is -0.0800. The molecule has 7 atom stereocenters. The lowest BCUT2D eigenvalue weighted by molar-refractivity contribution is -0.122. The molecule has 0 radical (unpaired) electrons. The van der Waals surface area contributed by atoms with Gasteiger partial charge >= 0.3 is 0 Å². The predicted molar refractivity (Wildman–Crippen MR) is 44.8 cm³/mol. The second-order valence-corrected chi connectivity index (χ2v) is 4.71. The summed E-state index contributed by atoms with van der Waals surface area (Å²) in [5, 5.41) is 0. The summed E-state index contributed by atoms with van der Waals surface area (Å²) < 4.78 is 11.9. The summed E-state index contributed by atoms with van der Waals surface area (Å²) in [4.78, 5) is 0. The summed E-state index contributed by atoms with van der Waals surface area (Å²) >= 11 is 0. The molecule has 2 heteroatoms. The Bertz CT molecular complexity index is 186. The first-order valence-electron chi connectivity index (χ1n) is 5.01. The van der Waals surface area contributed by atoms with E-state index in [4.69, 9.17) is 9.47 Å².